The highest BCUT2D eigenvalue weighted by Gasteiger charge is 2.57. The summed E-state index contributed by atoms with van der Waals surface area (Å²) in [6.45, 7) is 2.33. The molecule has 0 unspecified atom stereocenters. The third-order valence-electron chi connectivity index (χ3n) is 8.00. The second-order valence-corrected chi connectivity index (χ2v) is 10.3. The van der Waals surface area contributed by atoms with E-state index in [9.17, 15) is 14.4 Å². The van der Waals surface area contributed by atoms with E-state index in [2.05, 4.69) is 0 Å². The lowest BCUT2D eigenvalue weighted by Crippen LogP contribution is -2.56. The van der Waals surface area contributed by atoms with Crippen LogP contribution in [0.15, 0.2) is 24.3 Å². The van der Waals surface area contributed by atoms with Gasteiger partial charge in [0.05, 0.1) is 5.41 Å². The maximum Gasteiger partial charge on any atom is 0.329 e. The molecule has 1 aromatic carbocycles. The number of aryl methyl sites for hydroxylation is 1. The van der Waals surface area contributed by atoms with Crippen LogP contribution in [0, 0.1) is 30.1 Å². The molecule has 5 heteroatoms. The highest BCUT2D eigenvalue weighted by Crippen LogP contribution is 2.60. The third kappa shape index (κ3) is 3.46. The molecule has 1 aromatic rings. The minimum atomic E-state index is -0.531. The molecule has 1 heterocycles. The number of carbonyl (C=O) groups is 3. The van der Waals surface area contributed by atoms with Crippen molar-refractivity contribution in [3.05, 3.63) is 35.4 Å². The van der Waals surface area contributed by atoms with Crippen LogP contribution in [0.5, 0.6) is 0 Å². The van der Waals surface area contributed by atoms with E-state index in [1.807, 2.05) is 19.1 Å². The largest absolute Gasteiger partial charge is 0.456 e. The first-order valence-corrected chi connectivity index (χ1v) is 11.5. The number of benzene rings is 1. The fraction of sp³-hybridized carbons (Fsp3) is 0.640. The van der Waals surface area contributed by atoms with Gasteiger partial charge in [-0.25, -0.2) is 4.79 Å². The van der Waals surface area contributed by atoms with Gasteiger partial charge in [0, 0.05) is 12.1 Å². The molecule has 4 aliphatic carbocycles. The van der Waals surface area contributed by atoms with Gasteiger partial charge in [-0.2, -0.15) is 0 Å². The monoisotopic (exact) mass is 409 g/mol. The fourth-order valence-electron chi connectivity index (χ4n) is 6.99. The van der Waals surface area contributed by atoms with Crippen molar-refractivity contribution in [1.82, 2.24) is 4.90 Å². The Kier molecular flexibility index (Phi) is 4.95. The zero-order valence-electron chi connectivity index (χ0n) is 17.8. The molecular weight excluding hydrogens is 378 g/mol. The number of esters is 1. The zero-order valence-corrected chi connectivity index (χ0v) is 17.8. The zero-order chi connectivity index (χ0) is 20.9. The number of amides is 1. The van der Waals surface area contributed by atoms with Gasteiger partial charge in [-0.3, -0.25) is 9.59 Å². The third-order valence-corrected chi connectivity index (χ3v) is 8.00. The minimum absolute atomic E-state index is 0.186. The Labute approximate surface area is 178 Å². The summed E-state index contributed by atoms with van der Waals surface area (Å²) in [5.74, 6) is 1.64. The van der Waals surface area contributed by atoms with E-state index in [1.165, 1.54) is 19.3 Å². The molecule has 0 N–H and O–H groups in total. The van der Waals surface area contributed by atoms with E-state index in [-0.39, 0.29) is 23.7 Å². The van der Waals surface area contributed by atoms with Crippen LogP contribution in [-0.2, 0) is 14.3 Å². The minimum Gasteiger partial charge on any atom is -0.456 e. The van der Waals surface area contributed by atoms with E-state index in [0.717, 1.165) is 31.2 Å². The van der Waals surface area contributed by atoms with Crippen molar-refractivity contribution in [3.63, 3.8) is 0 Å². The van der Waals surface area contributed by atoms with E-state index in [0.29, 0.717) is 36.3 Å². The van der Waals surface area contributed by atoms with Crippen LogP contribution in [0.4, 0.5) is 0 Å². The normalized spacial score (nSPS) is 34.2. The lowest BCUT2D eigenvalue weighted by atomic mass is 9.49. The standard InChI is InChI=1S/C25H31NO4/c1-16-4-6-20(7-5-16)22(27)15-30-23(28)21-3-2-8-26(21)24(29)25-12-17-9-18(13-25)11-19(10-17)14-25/h4-7,17-19,21H,2-3,8-15H2,1H3/t17?,18?,19?,21-,25?/m0/s1. The number of nitrogens with zero attached hydrogens (tertiary/aromatic N) is 1. The number of carbonyl (C=O) groups excluding carboxylic acids is 3. The van der Waals surface area contributed by atoms with Crippen LogP contribution in [0.2, 0.25) is 0 Å². The number of ether oxygens (including phenoxy) is 1. The van der Waals surface area contributed by atoms with E-state index >= 15 is 0 Å². The molecule has 1 amide bonds. The van der Waals surface area contributed by atoms with Gasteiger partial charge < -0.3 is 9.64 Å². The molecule has 6 rings (SSSR count). The summed E-state index contributed by atoms with van der Waals surface area (Å²) in [7, 11) is 0. The first kappa shape index (κ1) is 19.8. The summed E-state index contributed by atoms with van der Waals surface area (Å²) in [5, 5.41) is 0. The topological polar surface area (TPSA) is 63.7 Å². The predicted molar refractivity (Wildman–Crippen MR) is 112 cm³/mol. The average Bonchev–Trinajstić information content (AvgIpc) is 3.20. The van der Waals surface area contributed by atoms with Gasteiger partial charge in [0.25, 0.3) is 0 Å². The van der Waals surface area contributed by atoms with Crippen LogP contribution < -0.4 is 0 Å². The summed E-state index contributed by atoms with van der Waals surface area (Å²) in [5.41, 5.74) is 1.38. The highest BCUT2D eigenvalue weighted by atomic mass is 16.5. The van der Waals surface area contributed by atoms with Gasteiger partial charge in [0.15, 0.2) is 12.4 Å². The second kappa shape index (κ2) is 7.51. The van der Waals surface area contributed by atoms with Gasteiger partial charge in [0.1, 0.15) is 6.04 Å². The maximum absolute atomic E-state index is 13.7. The van der Waals surface area contributed by atoms with Crippen LogP contribution in [-0.4, -0.2) is 41.8 Å². The SMILES string of the molecule is Cc1ccc(C(=O)COC(=O)[C@@H]2CCCN2C(=O)C23CC4CC(CC(C4)C2)C3)cc1. The van der Waals surface area contributed by atoms with Crippen molar-refractivity contribution in [2.45, 2.75) is 64.3 Å². The number of ketones is 1. The number of likely N-dealkylation sites (tertiary alicyclic amines) is 1. The van der Waals surface area contributed by atoms with Crippen molar-refractivity contribution in [2.75, 3.05) is 13.2 Å². The first-order valence-electron chi connectivity index (χ1n) is 11.5. The van der Waals surface area contributed by atoms with Crippen LogP contribution in [0.25, 0.3) is 0 Å². The fourth-order valence-corrected chi connectivity index (χ4v) is 6.99. The van der Waals surface area contributed by atoms with Crippen LogP contribution >= 0.6 is 0 Å². The Bertz CT molecular complexity index is 823. The number of hydrogen-bond donors (Lipinski definition) is 0. The number of Topliss-reactive ketones (excluding diaryl/α,β-unsaturated/α-hetero) is 1. The Morgan fingerprint density at radius 1 is 1.00 bits per heavy atom. The Morgan fingerprint density at radius 3 is 2.20 bits per heavy atom. The lowest BCUT2D eigenvalue weighted by Gasteiger charge is -2.56. The first-order chi connectivity index (χ1) is 14.4. The van der Waals surface area contributed by atoms with Gasteiger partial charge in [-0.15, -0.1) is 0 Å². The summed E-state index contributed by atoms with van der Waals surface area (Å²) in [4.78, 5) is 40.6. The molecule has 30 heavy (non-hydrogen) atoms. The van der Waals surface area contributed by atoms with E-state index in [4.69, 9.17) is 4.74 Å². The maximum atomic E-state index is 13.7. The molecule has 4 bridgehead atoms. The molecule has 0 aromatic heterocycles. The highest BCUT2D eigenvalue weighted by molar-refractivity contribution is 5.98. The van der Waals surface area contributed by atoms with Crippen molar-refractivity contribution in [1.29, 1.82) is 0 Å². The molecule has 4 saturated carbocycles. The molecule has 5 nitrogen and oxygen atoms in total. The van der Waals surface area contributed by atoms with Crippen molar-refractivity contribution in [2.24, 2.45) is 23.2 Å². The van der Waals surface area contributed by atoms with Crippen molar-refractivity contribution in [3.8, 4) is 0 Å². The Balaban J connectivity index is 1.24. The Hall–Kier alpha value is -2.17. The number of rotatable bonds is 5. The van der Waals surface area contributed by atoms with Gasteiger partial charge in [-0.1, -0.05) is 29.8 Å². The van der Waals surface area contributed by atoms with Gasteiger partial charge in [-0.05, 0) is 76.0 Å². The van der Waals surface area contributed by atoms with Crippen LogP contribution in [0.1, 0.15) is 67.3 Å². The van der Waals surface area contributed by atoms with Gasteiger partial charge >= 0.3 is 5.97 Å². The smallest absolute Gasteiger partial charge is 0.329 e. The number of hydrogen-bond acceptors (Lipinski definition) is 4. The predicted octanol–water partition coefficient (Wildman–Crippen LogP) is 3.93. The lowest BCUT2D eigenvalue weighted by molar-refractivity contribution is -0.165. The quantitative estimate of drug-likeness (QED) is 0.546. The molecular formula is C25H31NO4. The summed E-state index contributed by atoms with van der Waals surface area (Å²) < 4.78 is 5.39. The van der Waals surface area contributed by atoms with Gasteiger partial charge in [0.2, 0.25) is 5.91 Å². The molecule has 160 valence electrons. The summed E-state index contributed by atoms with van der Waals surface area (Å²) in [6, 6.07) is 6.72. The molecule has 0 spiro atoms. The molecule has 0 radical (unpaired) electrons. The van der Waals surface area contributed by atoms with Crippen molar-refractivity contribution >= 4 is 17.7 Å². The van der Waals surface area contributed by atoms with E-state index in [1.54, 1.807) is 17.0 Å². The summed E-state index contributed by atoms with van der Waals surface area (Å²) >= 11 is 0. The molecule has 1 saturated heterocycles. The van der Waals surface area contributed by atoms with Crippen molar-refractivity contribution < 1.29 is 19.1 Å². The summed E-state index contributed by atoms with van der Waals surface area (Å²) in [6.07, 6.45) is 8.34. The Morgan fingerprint density at radius 2 is 1.60 bits per heavy atom. The molecule has 5 aliphatic rings. The molecule has 1 atom stereocenters. The molecule has 1 aliphatic heterocycles. The second-order valence-electron chi connectivity index (χ2n) is 10.3. The van der Waals surface area contributed by atoms with Crippen LogP contribution in [0.3, 0.4) is 0 Å². The molecule has 5 fully saturated rings. The van der Waals surface area contributed by atoms with E-state index < -0.39 is 12.0 Å². The average molecular weight is 410 g/mol.